The molecule has 0 aromatic carbocycles. The fourth-order valence-corrected chi connectivity index (χ4v) is 2.38. The molecule has 1 amide bonds. The number of aryl methyl sites for hydroxylation is 1. The van der Waals surface area contributed by atoms with E-state index >= 15 is 0 Å². The lowest BCUT2D eigenvalue weighted by Gasteiger charge is -2.07. The quantitative estimate of drug-likeness (QED) is 0.418. The highest BCUT2D eigenvalue weighted by atomic mass is 16.5. The van der Waals surface area contributed by atoms with Crippen molar-refractivity contribution in [1.29, 1.82) is 0 Å². The van der Waals surface area contributed by atoms with E-state index in [2.05, 4.69) is 27.2 Å². The van der Waals surface area contributed by atoms with Crippen LogP contribution in [0.15, 0.2) is 30.6 Å². The number of hydrogen-bond donors (Lipinski definition) is 4. The zero-order chi connectivity index (χ0) is 15.5. The van der Waals surface area contributed by atoms with Gasteiger partial charge in [-0.15, -0.1) is 0 Å². The Morgan fingerprint density at radius 2 is 2.32 bits per heavy atom. The number of hydrogen-bond acceptors (Lipinski definition) is 5. The number of fused-ring (bicyclic) bond motifs is 1. The predicted octanol–water partition coefficient (Wildman–Crippen LogP) is 1.20. The molecule has 3 rings (SSSR count). The Kier molecular flexibility index (Phi) is 3.75. The molecule has 0 aliphatic heterocycles. The second-order valence-corrected chi connectivity index (χ2v) is 4.70. The summed E-state index contributed by atoms with van der Waals surface area (Å²) in [6, 6.07) is 5.85. The average Bonchev–Trinajstić information content (AvgIpc) is 3.18. The maximum Gasteiger partial charge on any atom is 0.262 e. The van der Waals surface area contributed by atoms with Gasteiger partial charge >= 0.3 is 0 Å². The van der Waals surface area contributed by atoms with E-state index in [4.69, 9.17) is 5.21 Å². The average molecular weight is 300 g/mol. The number of carbonyl (C=O) groups is 1. The minimum atomic E-state index is -0.543. The number of pyridine rings is 1. The van der Waals surface area contributed by atoms with Crippen molar-refractivity contribution in [2.24, 2.45) is 0 Å². The maximum absolute atomic E-state index is 11.2. The van der Waals surface area contributed by atoms with Gasteiger partial charge in [-0.3, -0.25) is 14.4 Å². The third-order valence-corrected chi connectivity index (χ3v) is 3.35. The maximum atomic E-state index is 11.2. The summed E-state index contributed by atoms with van der Waals surface area (Å²) in [7, 11) is 0. The molecule has 8 nitrogen and oxygen atoms in total. The summed E-state index contributed by atoms with van der Waals surface area (Å²) in [5.41, 5.74) is 4.18. The molecule has 0 spiro atoms. The number of imidazole rings is 2. The van der Waals surface area contributed by atoms with Crippen molar-refractivity contribution in [2.75, 3.05) is 11.9 Å². The molecule has 0 aliphatic rings. The third-order valence-electron chi connectivity index (χ3n) is 3.35. The number of nitrogens with one attached hydrogen (secondary N) is 3. The minimum absolute atomic E-state index is 0.0877. The summed E-state index contributed by atoms with van der Waals surface area (Å²) in [5.74, 6) is 0.637. The van der Waals surface area contributed by atoms with Crippen molar-refractivity contribution >= 4 is 17.4 Å². The van der Waals surface area contributed by atoms with Crippen LogP contribution in [0.5, 0.6) is 0 Å². The monoisotopic (exact) mass is 300 g/mol. The number of aromatic nitrogens is 4. The van der Waals surface area contributed by atoms with Gasteiger partial charge in [-0.05, 0) is 18.6 Å². The van der Waals surface area contributed by atoms with Gasteiger partial charge in [-0.1, -0.05) is 13.0 Å². The van der Waals surface area contributed by atoms with Crippen LogP contribution < -0.4 is 10.8 Å². The van der Waals surface area contributed by atoms with E-state index in [1.165, 1.54) is 0 Å². The van der Waals surface area contributed by atoms with E-state index in [-0.39, 0.29) is 6.54 Å². The predicted molar refractivity (Wildman–Crippen MR) is 80.6 cm³/mol. The molecule has 0 bridgehead atoms. The van der Waals surface area contributed by atoms with Crippen LogP contribution in [0.4, 0.5) is 5.82 Å². The zero-order valence-corrected chi connectivity index (χ0v) is 12.0. The molecule has 0 aliphatic carbocycles. The van der Waals surface area contributed by atoms with Crippen LogP contribution in [0, 0.1) is 0 Å². The van der Waals surface area contributed by atoms with Crippen LogP contribution in [0.25, 0.3) is 17.2 Å². The molecule has 0 radical (unpaired) electrons. The minimum Gasteiger partial charge on any atom is -0.359 e. The molecule has 8 heteroatoms. The van der Waals surface area contributed by atoms with Gasteiger partial charge in [0.1, 0.15) is 11.3 Å². The van der Waals surface area contributed by atoms with Crippen molar-refractivity contribution in [1.82, 2.24) is 24.8 Å². The number of nitrogens with zero attached hydrogens (tertiary/aromatic N) is 3. The van der Waals surface area contributed by atoms with Gasteiger partial charge in [0.05, 0.1) is 6.54 Å². The van der Waals surface area contributed by atoms with E-state index in [0.29, 0.717) is 11.6 Å². The van der Waals surface area contributed by atoms with Crippen molar-refractivity contribution in [3.63, 3.8) is 0 Å². The van der Waals surface area contributed by atoms with E-state index < -0.39 is 5.91 Å². The molecule has 22 heavy (non-hydrogen) atoms. The lowest BCUT2D eigenvalue weighted by molar-refractivity contribution is -0.127. The summed E-state index contributed by atoms with van der Waals surface area (Å²) in [5, 5.41) is 11.5. The second-order valence-electron chi connectivity index (χ2n) is 4.70. The summed E-state index contributed by atoms with van der Waals surface area (Å²) in [6.45, 7) is 1.97. The SMILES string of the molecule is CCc1cccc2nc(NCC(=O)NO)c(-c3ncc[nH]3)n12. The molecule has 3 aromatic heterocycles. The molecular formula is C14H16N6O2. The van der Waals surface area contributed by atoms with Crippen molar-refractivity contribution in [2.45, 2.75) is 13.3 Å². The van der Waals surface area contributed by atoms with Crippen LogP contribution in [0.3, 0.4) is 0 Å². The summed E-state index contributed by atoms with van der Waals surface area (Å²) >= 11 is 0. The van der Waals surface area contributed by atoms with Gasteiger partial charge in [0.2, 0.25) is 0 Å². The fraction of sp³-hybridized carbons (Fsp3) is 0.214. The van der Waals surface area contributed by atoms with Crippen molar-refractivity contribution in [3.05, 3.63) is 36.3 Å². The van der Waals surface area contributed by atoms with Crippen LogP contribution in [0.2, 0.25) is 0 Å². The third kappa shape index (κ3) is 2.40. The Labute approximate surface area is 126 Å². The van der Waals surface area contributed by atoms with Gasteiger partial charge in [0, 0.05) is 18.1 Å². The first-order valence-electron chi connectivity index (χ1n) is 6.91. The van der Waals surface area contributed by atoms with Crippen LogP contribution in [-0.2, 0) is 11.2 Å². The van der Waals surface area contributed by atoms with Crippen LogP contribution in [-0.4, -0.2) is 37.0 Å². The highest BCUT2D eigenvalue weighted by molar-refractivity contribution is 5.82. The Bertz CT molecular complexity index is 793. The number of anilines is 1. The number of amides is 1. The van der Waals surface area contributed by atoms with Crippen molar-refractivity contribution in [3.8, 4) is 11.5 Å². The highest BCUT2D eigenvalue weighted by Gasteiger charge is 2.18. The Morgan fingerprint density at radius 1 is 1.45 bits per heavy atom. The lowest BCUT2D eigenvalue weighted by atomic mass is 10.2. The summed E-state index contributed by atoms with van der Waals surface area (Å²) in [6.07, 6.45) is 4.22. The Balaban J connectivity index is 2.15. The first-order chi connectivity index (χ1) is 10.7. The van der Waals surface area contributed by atoms with Gasteiger partial charge in [0.25, 0.3) is 5.91 Å². The standard InChI is InChI=1S/C14H16N6O2/c1-2-9-4-3-5-10-18-14(17-8-11(21)19-22)12(20(9)10)13-15-6-7-16-13/h3-7,17,22H,2,8H2,1H3,(H,15,16)(H,19,21). The van der Waals surface area contributed by atoms with Gasteiger partial charge < -0.3 is 10.3 Å². The topological polar surface area (TPSA) is 107 Å². The molecule has 0 unspecified atom stereocenters. The molecule has 3 heterocycles. The molecule has 114 valence electrons. The van der Waals surface area contributed by atoms with E-state index in [0.717, 1.165) is 23.5 Å². The largest absolute Gasteiger partial charge is 0.359 e. The molecule has 0 atom stereocenters. The number of aromatic amines is 1. The smallest absolute Gasteiger partial charge is 0.262 e. The lowest BCUT2D eigenvalue weighted by Crippen LogP contribution is -2.27. The van der Waals surface area contributed by atoms with Crippen molar-refractivity contribution < 1.29 is 10.0 Å². The molecular weight excluding hydrogens is 284 g/mol. The summed E-state index contributed by atoms with van der Waals surface area (Å²) in [4.78, 5) is 23.1. The molecule has 0 fully saturated rings. The van der Waals surface area contributed by atoms with E-state index in [1.54, 1.807) is 17.9 Å². The first-order valence-corrected chi connectivity index (χ1v) is 6.91. The normalized spacial score (nSPS) is 10.8. The first kappa shape index (κ1) is 14.1. The number of hydroxylamine groups is 1. The Hall–Kier alpha value is -2.87. The van der Waals surface area contributed by atoms with Crippen LogP contribution >= 0.6 is 0 Å². The number of carbonyl (C=O) groups excluding carboxylic acids is 1. The Morgan fingerprint density at radius 3 is 3.00 bits per heavy atom. The molecule has 0 saturated carbocycles. The highest BCUT2D eigenvalue weighted by Crippen LogP contribution is 2.28. The van der Waals surface area contributed by atoms with Gasteiger partial charge in [-0.2, -0.15) is 0 Å². The molecule has 0 saturated heterocycles. The summed E-state index contributed by atoms with van der Waals surface area (Å²) < 4.78 is 2.00. The van der Waals surface area contributed by atoms with Gasteiger partial charge in [0.15, 0.2) is 11.6 Å². The van der Waals surface area contributed by atoms with E-state index in [9.17, 15) is 4.79 Å². The molecule has 3 aromatic rings. The van der Waals surface area contributed by atoms with Crippen LogP contribution in [0.1, 0.15) is 12.6 Å². The van der Waals surface area contributed by atoms with E-state index in [1.807, 2.05) is 22.6 Å². The fourth-order valence-electron chi connectivity index (χ4n) is 2.38. The number of H-pyrrole nitrogens is 1. The zero-order valence-electron chi connectivity index (χ0n) is 12.0. The van der Waals surface area contributed by atoms with Gasteiger partial charge in [-0.25, -0.2) is 15.4 Å². The number of rotatable bonds is 5. The second kappa shape index (κ2) is 5.86. The molecule has 4 N–H and O–H groups in total.